The van der Waals surface area contributed by atoms with Crippen molar-refractivity contribution in [3.63, 3.8) is 0 Å². The number of carbonyl (C=O) groups is 1. The van der Waals surface area contributed by atoms with Gasteiger partial charge in [-0.15, -0.1) is 11.3 Å². The van der Waals surface area contributed by atoms with E-state index in [0.717, 1.165) is 10.7 Å². The number of aromatic nitrogens is 1. The second-order valence-corrected chi connectivity index (χ2v) is 5.96. The lowest BCUT2D eigenvalue weighted by atomic mass is 10.0. The highest BCUT2D eigenvalue weighted by atomic mass is 32.1. The molecule has 5 nitrogen and oxygen atoms in total. The molecule has 0 saturated heterocycles. The monoisotopic (exact) mass is 324 g/mol. The number of rotatable bonds is 6. The molecule has 2 rings (SSSR count). The van der Waals surface area contributed by atoms with E-state index in [-0.39, 0.29) is 5.75 Å². The van der Waals surface area contributed by atoms with Crippen LogP contribution in [0.5, 0.6) is 5.75 Å². The first kappa shape index (κ1) is 16.4. The van der Waals surface area contributed by atoms with Crippen LogP contribution in [0, 0.1) is 12.7 Å². The third-order valence-electron chi connectivity index (χ3n) is 3.24. The largest absolute Gasteiger partial charge is 0.496 e. The maximum Gasteiger partial charge on any atom is 0.325 e. The quantitative estimate of drug-likeness (QED) is 0.885. The number of aryl methyl sites for hydroxylation is 1. The van der Waals surface area contributed by atoms with Gasteiger partial charge in [-0.1, -0.05) is 6.07 Å². The third kappa shape index (κ3) is 3.61. The maximum absolute atomic E-state index is 13.3. The second-order valence-electron chi connectivity index (χ2n) is 4.90. The molecule has 22 heavy (non-hydrogen) atoms. The van der Waals surface area contributed by atoms with Crippen molar-refractivity contribution < 1.29 is 19.0 Å². The Morgan fingerprint density at radius 1 is 1.55 bits per heavy atom. The molecule has 0 amide bonds. The van der Waals surface area contributed by atoms with Crippen molar-refractivity contribution >= 4 is 17.3 Å². The Hall–Kier alpha value is -1.99. The molecule has 2 aromatic rings. The van der Waals surface area contributed by atoms with Gasteiger partial charge in [-0.25, -0.2) is 9.37 Å². The van der Waals surface area contributed by atoms with Gasteiger partial charge >= 0.3 is 5.97 Å². The van der Waals surface area contributed by atoms with Crippen molar-refractivity contribution in [2.45, 2.75) is 19.5 Å². The Morgan fingerprint density at radius 2 is 2.27 bits per heavy atom. The average Bonchev–Trinajstić information content (AvgIpc) is 2.85. The van der Waals surface area contributed by atoms with Crippen LogP contribution in [0.1, 0.15) is 22.3 Å². The number of carboxylic acids is 1. The van der Waals surface area contributed by atoms with E-state index in [9.17, 15) is 14.3 Å². The average molecular weight is 324 g/mol. The highest BCUT2D eigenvalue weighted by Crippen LogP contribution is 2.30. The molecule has 1 aromatic heterocycles. The number of hydrogen-bond acceptors (Lipinski definition) is 5. The fraction of sp³-hybridized carbons (Fsp3) is 0.333. The summed E-state index contributed by atoms with van der Waals surface area (Å²) in [5, 5.41) is 12.4. The summed E-state index contributed by atoms with van der Waals surface area (Å²) in [5.74, 6) is -1.28. The smallest absolute Gasteiger partial charge is 0.325 e. The number of thiazole rings is 1. The molecule has 1 heterocycles. The van der Waals surface area contributed by atoms with Crippen LogP contribution in [0.15, 0.2) is 23.6 Å². The second kappa shape index (κ2) is 6.85. The van der Waals surface area contributed by atoms with E-state index < -0.39 is 17.8 Å². The summed E-state index contributed by atoms with van der Waals surface area (Å²) in [5.41, 5.74) is 1.21. The summed E-state index contributed by atoms with van der Waals surface area (Å²) >= 11 is 1.51. The van der Waals surface area contributed by atoms with Crippen molar-refractivity contribution in [2.75, 3.05) is 14.2 Å². The lowest BCUT2D eigenvalue weighted by molar-refractivity contribution is -0.143. The van der Waals surface area contributed by atoms with Crippen LogP contribution in [-0.2, 0) is 11.3 Å². The van der Waals surface area contributed by atoms with Crippen molar-refractivity contribution in [1.82, 2.24) is 9.88 Å². The van der Waals surface area contributed by atoms with Crippen molar-refractivity contribution in [3.05, 3.63) is 45.7 Å². The van der Waals surface area contributed by atoms with Crippen molar-refractivity contribution in [1.29, 1.82) is 0 Å². The predicted molar refractivity (Wildman–Crippen MR) is 81.6 cm³/mol. The summed E-state index contributed by atoms with van der Waals surface area (Å²) in [4.78, 5) is 17.7. The summed E-state index contributed by atoms with van der Waals surface area (Å²) in [6.07, 6.45) is 0. The minimum absolute atomic E-state index is 0.216. The molecule has 1 N–H and O–H groups in total. The van der Waals surface area contributed by atoms with Crippen LogP contribution in [0.4, 0.5) is 4.39 Å². The summed E-state index contributed by atoms with van der Waals surface area (Å²) in [7, 11) is 3.08. The van der Waals surface area contributed by atoms with Crippen LogP contribution in [-0.4, -0.2) is 35.1 Å². The van der Waals surface area contributed by atoms with E-state index >= 15 is 0 Å². The van der Waals surface area contributed by atoms with E-state index in [1.807, 2.05) is 12.3 Å². The zero-order chi connectivity index (χ0) is 16.3. The zero-order valence-electron chi connectivity index (χ0n) is 12.5. The van der Waals surface area contributed by atoms with E-state index in [1.165, 1.54) is 36.6 Å². The molecule has 1 aromatic carbocycles. The topological polar surface area (TPSA) is 62.7 Å². The van der Waals surface area contributed by atoms with E-state index in [4.69, 9.17) is 4.74 Å². The highest BCUT2D eigenvalue weighted by molar-refractivity contribution is 7.09. The van der Waals surface area contributed by atoms with Gasteiger partial charge in [-0.2, -0.15) is 0 Å². The van der Waals surface area contributed by atoms with E-state index in [0.29, 0.717) is 12.1 Å². The molecule has 0 aliphatic rings. The molecule has 0 spiro atoms. The van der Waals surface area contributed by atoms with Crippen LogP contribution in [0.2, 0.25) is 0 Å². The highest BCUT2D eigenvalue weighted by Gasteiger charge is 2.28. The lowest BCUT2D eigenvalue weighted by Crippen LogP contribution is -2.31. The molecule has 0 aliphatic carbocycles. The molecule has 0 fully saturated rings. The van der Waals surface area contributed by atoms with Crippen molar-refractivity contribution in [2.24, 2.45) is 0 Å². The maximum atomic E-state index is 13.3. The normalized spacial score (nSPS) is 12.4. The molecule has 0 aliphatic heterocycles. The third-order valence-corrected chi connectivity index (χ3v) is 4.07. The number of likely N-dealkylation sites (N-methyl/N-ethyl adjacent to an activating group) is 1. The number of halogens is 1. The number of hydrogen-bond donors (Lipinski definition) is 1. The molecular weight excluding hydrogens is 307 g/mol. The molecule has 0 bridgehead atoms. The molecule has 1 atom stereocenters. The summed E-state index contributed by atoms with van der Waals surface area (Å²) in [6, 6.07) is 2.91. The fourth-order valence-corrected chi connectivity index (χ4v) is 2.90. The van der Waals surface area contributed by atoms with Gasteiger partial charge in [0.05, 0.1) is 17.8 Å². The van der Waals surface area contributed by atoms with E-state index in [1.54, 1.807) is 11.9 Å². The number of methoxy groups -OCH3 is 1. The van der Waals surface area contributed by atoms with Crippen LogP contribution >= 0.6 is 11.3 Å². The van der Waals surface area contributed by atoms with Gasteiger partial charge in [-0.3, -0.25) is 9.69 Å². The minimum Gasteiger partial charge on any atom is -0.496 e. The summed E-state index contributed by atoms with van der Waals surface area (Å²) < 4.78 is 18.4. The van der Waals surface area contributed by atoms with Gasteiger partial charge in [0, 0.05) is 23.6 Å². The molecule has 7 heteroatoms. The van der Waals surface area contributed by atoms with Gasteiger partial charge in [0.25, 0.3) is 0 Å². The van der Waals surface area contributed by atoms with Crippen LogP contribution in [0.25, 0.3) is 0 Å². The lowest BCUT2D eigenvalue weighted by Gasteiger charge is -2.25. The Labute approximate surface area is 132 Å². The van der Waals surface area contributed by atoms with Crippen LogP contribution < -0.4 is 4.74 Å². The van der Waals surface area contributed by atoms with Gasteiger partial charge in [0.15, 0.2) is 0 Å². The van der Waals surface area contributed by atoms with E-state index in [2.05, 4.69) is 4.98 Å². The Morgan fingerprint density at radius 3 is 2.82 bits per heavy atom. The number of carboxylic acid groups (broad SMARTS) is 1. The van der Waals surface area contributed by atoms with Gasteiger partial charge in [0.1, 0.15) is 17.6 Å². The van der Waals surface area contributed by atoms with Gasteiger partial charge < -0.3 is 9.84 Å². The number of benzene rings is 1. The first-order valence-electron chi connectivity index (χ1n) is 6.60. The Bertz CT molecular complexity index is 675. The minimum atomic E-state index is -1.03. The summed E-state index contributed by atoms with van der Waals surface area (Å²) in [6.45, 7) is 2.27. The predicted octanol–water partition coefficient (Wildman–Crippen LogP) is 2.86. The molecular formula is C15H17FN2O3S. The fourth-order valence-electron chi connectivity index (χ4n) is 2.30. The Kier molecular flexibility index (Phi) is 5.10. The standard InChI is InChI=1S/C15H17FN2O3S/c1-9-17-11(8-22-9)7-18(2)14(15(19)20)12-5-4-10(16)6-13(12)21-3/h4-6,8,14H,7H2,1-3H3,(H,19,20). The first-order valence-corrected chi connectivity index (χ1v) is 7.48. The number of ether oxygens (including phenoxy) is 1. The molecule has 0 saturated carbocycles. The first-order chi connectivity index (χ1) is 10.4. The molecule has 1 unspecified atom stereocenters. The number of nitrogens with zero attached hydrogens (tertiary/aromatic N) is 2. The Balaban J connectivity index is 2.31. The molecule has 118 valence electrons. The number of aliphatic carboxylic acids is 1. The van der Waals surface area contributed by atoms with Gasteiger partial charge in [0.2, 0.25) is 0 Å². The molecule has 0 radical (unpaired) electrons. The SMILES string of the molecule is COc1cc(F)ccc1C(C(=O)O)N(C)Cc1csc(C)n1. The van der Waals surface area contributed by atoms with Crippen LogP contribution in [0.3, 0.4) is 0 Å². The van der Waals surface area contributed by atoms with Gasteiger partial charge in [-0.05, 0) is 20.0 Å². The van der Waals surface area contributed by atoms with Crippen molar-refractivity contribution in [3.8, 4) is 5.75 Å². The zero-order valence-corrected chi connectivity index (χ0v) is 13.4.